The molecule has 1 amide bonds. The van der Waals surface area contributed by atoms with Crippen molar-refractivity contribution in [2.24, 2.45) is 0 Å². The molecule has 0 saturated carbocycles. The summed E-state index contributed by atoms with van der Waals surface area (Å²) in [6.07, 6.45) is 2.38. The maximum absolute atomic E-state index is 12.5. The lowest BCUT2D eigenvalue weighted by Gasteiger charge is -2.34. The smallest absolute Gasteiger partial charge is 0.231 e. The van der Waals surface area contributed by atoms with Crippen molar-refractivity contribution in [2.75, 3.05) is 33.0 Å². The van der Waals surface area contributed by atoms with Crippen molar-refractivity contribution in [1.29, 1.82) is 0 Å². The van der Waals surface area contributed by atoms with Crippen LogP contribution in [0.25, 0.3) is 0 Å². The minimum absolute atomic E-state index is 0.261. The third kappa shape index (κ3) is 4.78. The molecule has 2 aromatic carbocycles. The lowest BCUT2D eigenvalue weighted by molar-refractivity contribution is -0.133. The van der Waals surface area contributed by atoms with Gasteiger partial charge in [0.15, 0.2) is 11.5 Å². The molecule has 6 heteroatoms. The van der Waals surface area contributed by atoms with E-state index >= 15 is 0 Å². The molecule has 28 heavy (non-hydrogen) atoms. The number of benzene rings is 2. The van der Waals surface area contributed by atoms with E-state index < -0.39 is 0 Å². The molecule has 4 rings (SSSR count). The number of rotatable bonds is 6. The second-order valence-corrected chi connectivity index (χ2v) is 7.76. The molecule has 148 valence electrons. The Balaban J connectivity index is 1.19. The van der Waals surface area contributed by atoms with Crippen LogP contribution in [-0.4, -0.2) is 48.7 Å². The number of carbonyl (C=O) groups excluding carboxylic acids is 1. The first kappa shape index (κ1) is 19.1. The first-order valence-electron chi connectivity index (χ1n) is 9.80. The van der Waals surface area contributed by atoms with Crippen molar-refractivity contribution in [3.8, 4) is 11.5 Å². The molecule has 0 bridgehead atoms. The Bertz CT molecular complexity index is 817. The molecule has 1 saturated heterocycles. The van der Waals surface area contributed by atoms with Gasteiger partial charge in [0.05, 0.1) is 0 Å². The second kappa shape index (κ2) is 8.84. The van der Waals surface area contributed by atoms with Gasteiger partial charge in [0, 0.05) is 44.2 Å². The van der Waals surface area contributed by atoms with E-state index in [2.05, 4.69) is 17.0 Å². The number of ether oxygens (including phenoxy) is 2. The van der Waals surface area contributed by atoms with Gasteiger partial charge >= 0.3 is 0 Å². The fraction of sp³-hybridized carbons (Fsp3) is 0.409. The van der Waals surface area contributed by atoms with Gasteiger partial charge in [0.25, 0.3) is 0 Å². The Morgan fingerprint density at radius 3 is 2.43 bits per heavy atom. The minimum Gasteiger partial charge on any atom is -0.454 e. The number of nitrogens with zero attached hydrogens (tertiary/aromatic N) is 2. The fourth-order valence-electron chi connectivity index (χ4n) is 3.71. The van der Waals surface area contributed by atoms with Gasteiger partial charge in [-0.05, 0) is 48.2 Å². The molecule has 0 spiro atoms. The monoisotopic (exact) mass is 400 g/mol. The van der Waals surface area contributed by atoms with Crippen molar-refractivity contribution in [3.05, 3.63) is 58.6 Å². The summed E-state index contributed by atoms with van der Waals surface area (Å²) in [6.45, 7) is 4.57. The molecule has 2 aliphatic heterocycles. The highest BCUT2D eigenvalue weighted by Gasteiger charge is 2.21. The van der Waals surface area contributed by atoms with Gasteiger partial charge in [0.2, 0.25) is 12.7 Å². The standard InChI is InChI=1S/C22H25ClN2O3/c23-19-7-4-17(5-8-19)2-1-3-22(26)25-12-10-24(11-13-25)15-18-6-9-20-21(14-18)28-16-27-20/h4-9,14H,1-3,10-13,15-16H2. The SMILES string of the molecule is O=C(CCCc1ccc(Cl)cc1)N1CCN(Cc2ccc3c(c2)OCO3)CC1. The van der Waals surface area contributed by atoms with E-state index in [1.165, 1.54) is 11.1 Å². The first-order chi connectivity index (χ1) is 13.7. The maximum Gasteiger partial charge on any atom is 0.231 e. The molecule has 0 atom stereocenters. The molecule has 2 heterocycles. The van der Waals surface area contributed by atoms with Crippen molar-refractivity contribution in [2.45, 2.75) is 25.8 Å². The van der Waals surface area contributed by atoms with Gasteiger partial charge in [-0.2, -0.15) is 0 Å². The average molecular weight is 401 g/mol. The summed E-state index contributed by atoms with van der Waals surface area (Å²) in [6, 6.07) is 14.0. The summed E-state index contributed by atoms with van der Waals surface area (Å²) in [7, 11) is 0. The van der Waals surface area contributed by atoms with Crippen molar-refractivity contribution in [3.63, 3.8) is 0 Å². The van der Waals surface area contributed by atoms with E-state index in [0.29, 0.717) is 13.2 Å². The van der Waals surface area contributed by atoms with Crippen molar-refractivity contribution in [1.82, 2.24) is 9.80 Å². The lowest BCUT2D eigenvalue weighted by Crippen LogP contribution is -2.48. The number of aryl methyl sites for hydroxylation is 1. The number of fused-ring (bicyclic) bond motifs is 1. The van der Waals surface area contributed by atoms with E-state index in [1.54, 1.807) is 0 Å². The van der Waals surface area contributed by atoms with Crippen molar-refractivity contribution >= 4 is 17.5 Å². The lowest BCUT2D eigenvalue weighted by atomic mass is 10.1. The summed E-state index contributed by atoms with van der Waals surface area (Å²) >= 11 is 5.91. The van der Waals surface area contributed by atoms with E-state index in [0.717, 1.165) is 62.1 Å². The quantitative estimate of drug-likeness (QED) is 0.740. The number of piperazine rings is 1. The van der Waals surface area contributed by atoms with Crippen LogP contribution in [0, 0.1) is 0 Å². The van der Waals surface area contributed by atoms with Crippen LogP contribution in [0.3, 0.4) is 0 Å². The molecule has 1 fully saturated rings. The van der Waals surface area contributed by atoms with E-state index in [-0.39, 0.29) is 5.91 Å². The highest BCUT2D eigenvalue weighted by atomic mass is 35.5. The van der Waals surface area contributed by atoms with Gasteiger partial charge < -0.3 is 14.4 Å². The molecule has 0 aliphatic carbocycles. The first-order valence-corrected chi connectivity index (χ1v) is 10.2. The largest absolute Gasteiger partial charge is 0.454 e. The van der Waals surface area contributed by atoms with E-state index in [1.807, 2.05) is 35.2 Å². The molecular formula is C22H25ClN2O3. The maximum atomic E-state index is 12.5. The van der Waals surface area contributed by atoms with Gasteiger partial charge in [0.1, 0.15) is 0 Å². The molecular weight excluding hydrogens is 376 g/mol. The van der Waals surface area contributed by atoms with Gasteiger partial charge in [-0.15, -0.1) is 0 Å². The number of hydrogen-bond acceptors (Lipinski definition) is 4. The summed E-state index contributed by atoms with van der Waals surface area (Å²) in [4.78, 5) is 16.9. The predicted octanol–water partition coefficient (Wildman–Crippen LogP) is 3.74. The third-order valence-corrected chi connectivity index (χ3v) is 5.59. The summed E-state index contributed by atoms with van der Waals surface area (Å²) < 4.78 is 10.8. The van der Waals surface area contributed by atoms with Crippen LogP contribution < -0.4 is 9.47 Å². The van der Waals surface area contributed by atoms with Crippen LogP contribution in [0.1, 0.15) is 24.0 Å². The number of hydrogen-bond donors (Lipinski definition) is 0. The van der Waals surface area contributed by atoms with Crippen molar-refractivity contribution < 1.29 is 14.3 Å². The third-order valence-electron chi connectivity index (χ3n) is 5.34. The molecule has 0 N–H and O–H groups in total. The van der Waals surface area contributed by atoms with Crippen LogP contribution in [0.2, 0.25) is 5.02 Å². The van der Waals surface area contributed by atoms with Gasteiger partial charge in [-0.25, -0.2) is 0 Å². The number of halogens is 1. The minimum atomic E-state index is 0.261. The molecule has 2 aromatic rings. The summed E-state index contributed by atoms with van der Waals surface area (Å²) in [5, 5.41) is 0.749. The van der Waals surface area contributed by atoms with E-state index in [9.17, 15) is 4.79 Å². The highest BCUT2D eigenvalue weighted by molar-refractivity contribution is 6.30. The van der Waals surface area contributed by atoms with Crippen LogP contribution in [0.4, 0.5) is 0 Å². The predicted molar refractivity (Wildman–Crippen MR) is 109 cm³/mol. The van der Waals surface area contributed by atoms with Crippen LogP contribution in [0.15, 0.2) is 42.5 Å². The zero-order valence-electron chi connectivity index (χ0n) is 15.9. The Morgan fingerprint density at radius 2 is 1.64 bits per heavy atom. The highest BCUT2D eigenvalue weighted by Crippen LogP contribution is 2.32. The molecule has 0 aromatic heterocycles. The van der Waals surface area contributed by atoms with Crippen LogP contribution in [0.5, 0.6) is 11.5 Å². The molecule has 5 nitrogen and oxygen atoms in total. The Hall–Kier alpha value is -2.24. The summed E-state index contributed by atoms with van der Waals surface area (Å²) in [5.74, 6) is 1.90. The van der Waals surface area contributed by atoms with Gasteiger partial charge in [-0.1, -0.05) is 29.8 Å². The molecule has 0 unspecified atom stereocenters. The Kier molecular flexibility index (Phi) is 6.03. The Labute approximate surface area is 170 Å². The molecule has 0 radical (unpaired) electrons. The zero-order valence-corrected chi connectivity index (χ0v) is 16.7. The second-order valence-electron chi connectivity index (χ2n) is 7.32. The van der Waals surface area contributed by atoms with Crippen LogP contribution in [-0.2, 0) is 17.8 Å². The zero-order chi connectivity index (χ0) is 19.3. The fourth-order valence-corrected chi connectivity index (χ4v) is 3.83. The van der Waals surface area contributed by atoms with E-state index in [4.69, 9.17) is 21.1 Å². The number of amides is 1. The summed E-state index contributed by atoms with van der Waals surface area (Å²) in [5.41, 5.74) is 2.44. The topological polar surface area (TPSA) is 42.0 Å². The number of carbonyl (C=O) groups is 1. The van der Waals surface area contributed by atoms with Crippen LogP contribution >= 0.6 is 11.6 Å². The average Bonchev–Trinajstić information content (AvgIpc) is 3.18. The normalized spacial score (nSPS) is 16.4. The van der Waals surface area contributed by atoms with Gasteiger partial charge in [-0.3, -0.25) is 9.69 Å². The Morgan fingerprint density at radius 1 is 0.929 bits per heavy atom. The molecule has 2 aliphatic rings.